The Kier molecular flexibility index (Phi) is 5.92. The van der Waals surface area contributed by atoms with E-state index in [1.54, 1.807) is 0 Å². The molecule has 0 bridgehead atoms. The van der Waals surface area contributed by atoms with E-state index in [1.807, 2.05) is 0 Å². The van der Waals surface area contributed by atoms with Crippen LogP contribution in [0.2, 0.25) is 0 Å². The molecule has 3 rings (SSSR count). The number of halogens is 10. The van der Waals surface area contributed by atoms with Crippen molar-refractivity contribution in [1.82, 2.24) is 0 Å². The van der Waals surface area contributed by atoms with Gasteiger partial charge in [-0.05, 0) is 0 Å². The van der Waals surface area contributed by atoms with Gasteiger partial charge in [0.2, 0.25) is 0 Å². The van der Waals surface area contributed by atoms with E-state index < -0.39 is 87.0 Å². The van der Waals surface area contributed by atoms with Gasteiger partial charge in [-0.25, -0.2) is 43.9 Å². The van der Waals surface area contributed by atoms with Crippen LogP contribution in [0.3, 0.4) is 0 Å². The van der Waals surface area contributed by atoms with E-state index in [1.165, 1.54) is 0 Å². The molecule has 0 N–H and O–H groups in total. The number of hydrogen-bond donors (Lipinski definition) is 0. The smallest absolute Gasteiger partial charge is 0.264 e. The van der Waals surface area contributed by atoms with E-state index in [9.17, 15) is 43.9 Å². The Bertz CT molecular complexity index is 1110. The van der Waals surface area contributed by atoms with Gasteiger partial charge in [-0.3, -0.25) is 0 Å². The summed E-state index contributed by atoms with van der Waals surface area (Å²) in [5, 5.41) is 0. The number of ether oxygens (including phenoxy) is 1. The first kappa shape index (κ1) is 22.5. The molecule has 0 aliphatic carbocycles. The third-order valence-corrected chi connectivity index (χ3v) is 4.45. The molecule has 0 saturated carbocycles. The molecule has 0 unspecified atom stereocenters. The summed E-state index contributed by atoms with van der Waals surface area (Å²) in [7, 11) is 0.995. The van der Waals surface area contributed by atoms with Gasteiger partial charge in [0.05, 0.1) is 7.11 Å². The number of rotatable bonds is 4. The first-order valence-electron chi connectivity index (χ1n) is 8.18. The second kappa shape index (κ2) is 8.16. The molecule has 0 amide bonds. The van der Waals surface area contributed by atoms with Crippen LogP contribution in [0.4, 0.5) is 43.9 Å². The zero-order valence-corrected chi connectivity index (χ0v) is 15.1. The van der Waals surface area contributed by atoms with Crippen LogP contribution >= 0.6 is 0 Å². The van der Waals surface area contributed by atoms with Gasteiger partial charge < -0.3 is 4.74 Å². The Morgan fingerprint density at radius 2 is 0.839 bits per heavy atom. The van der Waals surface area contributed by atoms with Gasteiger partial charge in [-0.15, -0.1) is 0 Å². The van der Waals surface area contributed by atoms with Crippen LogP contribution in [0, 0.1) is 58.2 Å². The second-order valence-corrected chi connectivity index (χ2v) is 6.20. The summed E-state index contributed by atoms with van der Waals surface area (Å²) in [6, 6.07) is 0.430. The van der Waals surface area contributed by atoms with E-state index in [4.69, 9.17) is 0 Å². The largest absolute Gasteiger partial charge is 0.497 e. The molecule has 0 aliphatic heterocycles. The normalized spacial score (nSPS) is 11.1. The van der Waals surface area contributed by atoms with Crippen molar-refractivity contribution in [2.45, 2.75) is 0 Å². The molecular formula is C19H7BF10O. The van der Waals surface area contributed by atoms with Crippen LogP contribution in [0.1, 0.15) is 0 Å². The number of benzene rings is 3. The molecule has 162 valence electrons. The lowest BCUT2D eigenvalue weighted by Gasteiger charge is -2.20. The highest BCUT2D eigenvalue weighted by Crippen LogP contribution is 2.19. The van der Waals surface area contributed by atoms with E-state index in [0.29, 0.717) is 12.1 Å². The standard InChI is InChI=1S/C19H7BF10O/c1-31-6-2-7(21)13(8(22)3-6)20(14-9(23)4-11(25)16(27)18(14)29)15-10(24)5-12(26)17(28)19(15)30/h2-5H,1H3. The summed E-state index contributed by atoms with van der Waals surface area (Å²) in [6.07, 6.45) is 0. The molecule has 0 aliphatic rings. The lowest BCUT2D eigenvalue weighted by atomic mass is 9.36. The molecule has 0 spiro atoms. The summed E-state index contributed by atoms with van der Waals surface area (Å²) >= 11 is 0. The highest BCUT2D eigenvalue weighted by atomic mass is 19.2. The quantitative estimate of drug-likeness (QED) is 0.255. The van der Waals surface area contributed by atoms with E-state index in [-0.39, 0.29) is 12.1 Å². The Morgan fingerprint density at radius 1 is 0.484 bits per heavy atom. The maximum Gasteiger partial charge on any atom is 0.264 e. The maximum atomic E-state index is 14.7. The molecule has 31 heavy (non-hydrogen) atoms. The second-order valence-electron chi connectivity index (χ2n) is 6.20. The van der Waals surface area contributed by atoms with Crippen LogP contribution in [-0.2, 0) is 0 Å². The molecule has 3 aromatic carbocycles. The van der Waals surface area contributed by atoms with Gasteiger partial charge >= 0.3 is 0 Å². The fourth-order valence-electron chi connectivity index (χ4n) is 3.08. The molecule has 0 heterocycles. The van der Waals surface area contributed by atoms with Crippen LogP contribution in [0.15, 0.2) is 24.3 Å². The van der Waals surface area contributed by atoms with Gasteiger partial charge in [0.25, 0.3) is 6.71 Å². The molecule has 0 aromatic heterocycles. The van der Waals surface area contributed by atoms with Crippen molar-refractivity contribution >= 4 is 23.1 Å². The van der Waals surface area contributed by atoms with Crippen molar-refractivity contribution in [2.24, 2.45) is 0 Å². The zero-order valence-electron chi connectivity index (χ0n) is 15.1. The molecule has 12 heteroatoms. The first-order chi connectivity index (χ1) is 14.5. The molecule has 3 aromatic rings. The minimum absolute atomic E-state index is 0.240. The first-order valence-corrected chi connectivity index (χ1v) is 8.18. The predicted octanol–water partition coefficient (Wildman–Crippen LogP) is 3.60. The van der Waals surface area contributed by atoms with Crippen molar-refractivity contribution < 1.29 is 48.6 Å². The van der Waals surface area contributed by atoms with Crippen molar-refractivity contribution in [3.8, 4) is 5.75 Å². The minimum Gasteiger partial charge on any atom is -0.497 e. The SMILES string of the molecule is COc1cc(F)c(B(c2c(F)cc(F)c(F)c2F)c2c(F)cc(F)c(F)c2F)c(F)c1. The number of hydrogen-bond acceptors (Lipinski definition) is 1. The van der Waals surface area contributed by atoms with Crippen LogP contribution in [-0.4, -0.2) is 13.8 Å². The van der Waals surface area contributed by atoms with E-state index in [0.717, 1.165) is 7.11 Å². The average Bonchev–Trinajstić information content (AvgIpc) is 2.69. The highest BCUT2D eigenvalue weighted by Gasteiger charge is 2.40. The molecule has 0 fully saturated rings. The van der Waals surface area contributed by atoms with Crippen molar-refractivity contribution in [1.29, 1.82) is 0 Å². The molecular weight excluding hydrogens is 445 g/mol. The Balaban J connectivity index is 2.51. The Morgan fingerprint density at radius 3 is 1.19 bits per heavy atom. The van der Waals surface area contributed by atoms with Crippen molar-refractivity contribution in [3.63, 3.8) is 0 Å². The van der Waals surface area contributed by atoms with Crippen LogP contribution in [0.5, 0.6) is 5.75 Å². The van der Waals surface area contributed by atoms with Crippen LogP contribution in [0.25, 0.3) is 0 Å². The monoisotopic (exact) mass is 452 g/mol. The summed E-state index contributed by atoms with van der Waals surface area (Å²) in [4.78, 5) is 0. The predicted molar refractivity (Wildman–Crippen MR) is 90.1 cm³/mol. The fraction of sp³-hybridized carbons (Fsp3) is 0.0526. The third-order valence-electron chi connectivity index (χ3n) is 4.45. The fourth-order valence-corrected chi connectivity index (χ4v) is 3.08. The van der Waals surface area contributed by atoms with Gasteiger partial charge in [0.15, 0.2) is 34.9 Å². The summed E-state index contributed by atoms with van der Waals surface area (Å²) in [5.41, 5.74) is -4.95. The van der Waals surface area contributed by atoms with E-state index in [2.05, 4.69) is 4.74 Å². The van der Waals surface area contributed by atoms with Crippen LogP contribution < -0.4 is 21.1 Å². The summed E-state index contributed by atoms with van der Waals surface area (Å²) in [5.74, 6) is -21.4. The van der Waals surface area contributed by atoms with Crippen molar-refractivity contribution in [3.05, 3.63) is 82.4 Å². The van der Waals surface area contributed by atoms with Gasteiger partial charge in [-0.2, -0.15) is 0 Å². The van der Waals surface area contributed by atoms with Gasteiger partial charge in [-0.1, -0.05) is 0 Å². The molecule has 0 atom stereocenters. The molecule has 1 nitrogen and oxygen atoms in total. The Hall–Kier alpha value is -3.18. The maximum absolute atomic E-state index is 14.7. The van der Waals surface area contributed by atoms with Crippen molar-refractivity contribution in [2.75, 3.05) is 7.11 Å². The highest BCUT2D eigenvalue weighted by molar-refractivity contribution is 6.95. The molecule has 0 saturated heterocycles. The van der Waals surface area contributed by atoms with Gasteiger partial charge in [0, 0.05) is 40.7 Å². The summed E-state index contributed by atoms with van der Waals surface area (Å²) in [6.45, 7) is -2.86. The lowest BCUT2D eigenvalue weighted by Crippen LogP contribution is -2.59. The van der Waals surface area contributed by atoms with E-state index >= 15 is 0 Å². The zero-order chi connectivity index (χ0) is 23.2. The third kappa shape index (κ3) is 3.70. The average molecular weight is 452 g/mol. The number of methoxy groups -OCH3 is 1. The summed E-state index contributed by atoms with van der Waals surface area (Å²) < 4.78 is 146. The minimum atomic E-state index is -2.86. The Labute approximate surface area is 168 Å². The van der Waals surface area contributed by atoms with Gasteiger partial charge in [0.1, 0.15) is 29.0 Å². The lowest BCUT2D eigenvalue weighted by molar-refractivity contribution is 0.407. The topological polar surface area (TPSA) is 9.23 Å². The molecule has 0 radical (unpaired) electrons.